The summed E-state index contributed by atoms with van der Waals surface area (Å²) in [6, 6.07) is 0. The monoisotopic (exact) mass is 669 g/mol. The van der Waals surface area contributed by atoms with Crippen LogP contribution in [0.3, 0.4) is 0 Å². The van der Waals surface area contributed by atoms with E-state index in [0.717, 1.165) is 31.6 Å². The summed E-state index contributed by atoms with van der Waals surface area (Å²) < 4.78 is 12.2. The lowest BCUT2D eigenvalue weighted by Gasteiger charge is -2.17. The standard InChI is InChI=1S/C40H77BrO2/c1-3-5-7-9-11-13-15-17-19-21-23-25-27-29-31-33-37-42-39-40(35-36-41)43-38-34-32-30-28-26-24-22-20-18-16-14-12-10-8-6-4-2/h17-20,40H,3-16,21-39H2,1-2H3/b19-17-,20-18-. The van der Waals surface area contributed by atoms with Gasteiger partial charge in [-0.1, -0.05) is 170 Å². The highest BCUT2D eigenvalue weighted by Gasteiger charge is 2.08. The number of hydrogen-bond donors (Lipinski definition) is 0. The number of allylic oxidation sites excluding steroid dienone is 4. The number of rotatable bonds is 37. The molecule has 3 heteroatoms. The van der Waals surface area contributed by atoms with Gasteiger partial charge in [-0.3, -0.25) is 0 Å². The molecule has 0 aromatic heterocycles. The van der Waals surface area contributed by atoms with Crippen LogP contribution in [-0.4, -0.2) is 31.3 Å². The molecule has 0 aliphatic rings. The van der Waals surface area contributed by atoms with E-state index in [1.807, 2.05) is 0 Å². The molecule has 1 unspecified atom stereocenters. The average molecular weight is 670 g/mol. The van der Waals surface area contributed by atoms with Gasteiger partial charge in [-0.15, -0.1) is 0 Å². The van der Waals surface area contributed by atoms with Gasteiger partial charge in [-0.25, -0.2) is 0 Å². The van der Waals surface area contributed by atoms with E-state index in [1.54, 1.807) is 0 Å². The van der Waals surface area contributed by atoms with Crippen LogP contribution in [0.15, 0.2) is 24.3 Å². The molecule has 0 aliphatic heterocycles. The van der Waals surface area contributed by atoms with E-state index in [2.05, 4.69) is 54.1 Å². The van der Waals surface area contributed by atoms with E-state index >= 15 is 0 Å². The smallest absolute Gasteiger partial charge is 0.0816 e. The van der Waals surface area contributed by atoms with Crippen molar-refractivity contribution in [3.05, 3.63) is 24.3 Å². The van der Waals surface area contributed by atoms with Crippen LogP contribution in [0.2, 0.25) is 0 Å². The quantitative estimate of drug-likeness (QED) is 0.0372. The number of alkyl halides is 1. The molecule has 0 aromatic carbocycles. The van der Waals surface area contributed by atoms with Gasteiger partial charge in [-0.2, -0.15) is 0 Å². The highest BCUT2D eigenvalue weighted by molar-refractivity contribution is 9.09. The second-order valence-electron chi connectivity index (χ2n) is 12.9. The SMILES string of the molecule is CCCCCCCC/C=C\CCCCCCCCOCC(CCBr)OCCCCCCCC/C=C\CCCCCCCC. The van der Waals surface area contributed by atoms with Crippen LogP contribution in [0.1, 0.15) is 200 Å². The molecule has 0 heterocycles. The van der Waals surface area contributed by atoms with Crippen molar-refractivity contribution in [2.45, 2.75) is 206 Å². The fourth-order valence-electron chi connectivity index (χ4n) is 5.60. The van der Waals surface area contributed by atoms with Crippen molar-refractivity contribution in [1.82, 2.24) is 0 Å². The summed E-state index contributed by atoms with van der Waals surface area (Å²) in [5.74, 6) is 0. The Hall–Kier alpha value is -0.120. The van der Waals surface area contributed by atoms with Crippen LogP contribution in [0.5, 0.6) is 0 Å². The summed E-state index contributed by atoms with van der Waals surface area (Å²) >= 11 is 3.59. The molecule has 2 nitrogen and oxygen atoms in total. The maximum Gasteiger partial charge on any atom is 0.0816 e. The Bertz CT molecular complexity index is 547. The summed E-state index contributed by atoms with van der Waals surface area (Å²) in [5, 5.41) is 0.989. The van der Waals surface area contributed by atoms with Crippen LogP contribution >= 0.6 is 15.9 Å². The van der Waals surface area contributed by atoms with Gasteiger partial charge in [0, 0.05) is 18.5 Å². The molecule has 0 aromatic rings. The van der Waals surface area contributed by atoms with Gasteiger partial charge in [0.25, 0.3) is 0 Å². The van der Waals surface area contributed by atoms with E-state index in [4.69, 9.17) is 9.47 Å². The van der Waals surface area contributed by atoms with Crippen LogP contribution < -0.4 is 0 Å². The Kier molecular flexibility index (Phi) is 39.8. The fraction of sp³-hybridized carbons (Fsp3) is 0.900. The molecule has 0 rings (SSSR count). The van der Waals surface area contributed by atoms with Gasteiger partial charge in [0.1, 0.15) is 0 Å². The van der Waals surface area contributed by atoms with Crippen molar-refractivity contribution in [3.63, 3.8) is 0 Å². The Balaban J connectivity index is 3.42. The van der Waals surface area contributed by atoms with E-state index in [-0.39, 0.29) is 6.10 Å². The van der Waals surface area contributed by atoms with E-state index < -0.39 is 0 Å². The summed E-state index contributed by atoms with van der Waals surface area (Å²) in [7, 11) is 0. The summed E-state index contributed by atoms with van der Waals surface area (Å²) in [6.07, 6.45) is 48.7. The molecular weight excluding hydrogens is 592 g/mol. The first-order valence-electron chi connectivity index (χ1n) is 19.4. The summed E-state index contributed by atoms with van der Waals surface area (Å²) in [6.45, 7) is 7.10. The summed E-state index contributed by atoms with van der Waals surface area (Å²) in [5.41, 5.74) is 0. The number of halogens is 1. The lowest BCUT2D eigenvalue weighted by Crippen LogP contribution is -2.21. The van der Waals surface area contributed by atoms with Crippen molar-refractivity contribution in [1.29, 1.82) is 0 Å². The Morgan fingerprint density at radius 1 is 0.442 bits per heavy atom. The Morgan fingerprint density at radius 3 is 1.19 bits per heavy atom. The molecular formula is C40H77BrO2. The predicted molar refractivity (Wildman–Crippen MR) is 198 cm³/mol. The van der Waals surface area contributed by atoms with Gasteiger partial charge in [0.15, 0.2) is 0 Å². The maximum atomic E-state index is 6.17. The van der Waals surface area contributed by atoms with Crippen LogP contribution in [0.4, 0.5) is 0 Å². The van der Waals surface area contributed by atoms with Gasteiger partial charge in [0.2, 0.25) is 0 Å². The fourth-order valence-corrected chi connectivity index (χ4v) is 6.11. The topological polar surface area (TPSA) is 18.5 Å². The van der Waals surface area contributed by atoms with Crippen molar-refractivity contribution >= 4 is 15.9 Å². The average Bonchev–Trinajstić information content (AvgIpc) is 3.01. The first kappa shape index (κ1) is 42.9. The van der Waals surface area contributed by atoms with Crippen LogP contribution in [-0.2, 0) is 9.47 Å². The van der Waals surface area contributed by atoms with Crippen molar-refractivity contribution in [2.75, 3.05) is 25.2 Å². The second kappa shape index (κ2) is 39.9. The molecule has 0 saturated heterocycles. The molecule has 0 amide bonds. The van der Waals surface area contributed by atoms with Crippen molar-refractivity contribution < 1.29 is 9.47 Å². The number of ether oxygens (including phenoxy) is 2. The minimum atomic E-state index is 0.247. The highest BCUT2D eigenvalue weighted by atomic mass is 79.9. The minimum Gasteiger partial charge on any atom is -0.379 e. The van der Waals surface area contributed by atoms with Gasteiger partial charge < -0.3 is 9.47 Å². The molecule has 0 aliphatic carbocycles. The third kappa shape index (κ3) is 38.0. The van der Waals surface area contributed by atoms with E-state index in [9.17, 15) is 0 Å². The molecule has 1 atom stereocenters. The zero-order chi connectivity index (χ0) is 31.2. The van der Waals surface area contributed by atoms with Crippen molar-refractivity contribution in [3.8, 4) is 0 Å². The molecule has 0 N–H and O–H groups in total. The largest absolute Gasteiger partial charge is 0.379 e. The lowest BCUT2D eigenvalue weighted by molar-refractivity contribution is -0.0193. The molecule has 0 spiro atoms. The highest BCUT2D eigenvalue weighted by Crippen LogP contribution is 2.13. The van der Waals surface area contributed by atoms with Gasteiger partial charge >= 0.3 is 0 Å². The van der Waals surface area contributed by atoms with E-state index in [1.165, 1.54) is 180 Å². The normalized spacial score (nSPS) is 12.7. The predicted octanol–water partition coefficient (Wildman–Crippen LogP) is 14.2. The molecule has 256 valence electrons. The first-order chi connectivity index (χ1) is 21.3. The summed E-state index contributed by atoms with van der Waals surface area (Å²) in [4.78, 5) is 0. The van der Waals surface area contributed by atoms with E-state index in [0.29, 0.717) is 0 Å². The molecule has 0 fully saturated rings. The number of hydrogen-bond acceptors (Lipinski definition) is 2. The first-order valence-corrected chi connectivity index (χ1v) is 20.5. The second-order valence-corrected chi connectivity index (χ2v) is 13.7. The van der Waals surface area contributed by atoms with Crippen LogP contribution in [0.25, 0.3) is 0 Å². The van der Waals surface area contributed by atoms with Crippen molar-refractivity contribution in [2.24, 2.45) is 0 Å². The molecule has 0 bridgehead atoms. The zero-order valence-corrected chi connectivity index (χ0v) is 31.0. The molecule has 0 radical (unpaired) electrons. The molecule has 0 saturated carbocycles. The number of unbranched alkanes of at least 4 members (excludes halogenated alkanes) is 24. The lowest BCUT2D eigenvalue weighted by atomic mass is 10.1. The maximum absolute atomic E-state index is 6.17. The van der Waals surface area contributed by atoms with Gasteiger partial charge in [0.05, 0.1) is 12.7 Å². The van der Waals surface area contributed by atoms with Gasteiger partial charge in [-0.05, 0) is 70.6 Å². The zero-order valence-electron chi connectivity index (χ0n) is 29.4. The Morgan fingerprint density at radius 2 is 0.791 bits per heavy atom. The molecule has 43 heavy (non-hydrogen) atoms. The Labute approximate surface area is 280 Å². The third-order valence-corrected chi connectivity index (χ3v) is 9.00. The van der Waals surface area contributed by atoms with Crippen LogP contribution in [0, 0.1) is 0 Å². The minimum absolute atomic E-state index is 0.247. The third-order valence-electron chi connectivity index (χ3n) is 8.54.